The lowest BCUT2D eigenvalue weighted by molar-refractivity contribution is 0.0939. The van der Waals surface area contributed by atoms with E-state index < -0.39 is 0 Å². The van der Waals surface area contributed by atoms with Crippen LogP contribution in [-0.4, -0.2) is 12.5 Å². The lowest BCUT2D eigenvalue weighted by atomic mass is 9.85. The molecular formula is C16H23NO. The van der Waals surface area contributed by atoms with Gasteiger partial charge in [0.25, 0.3) is 5.91 Å². The Balaban J connectivity index is 2.31. The summed E-state index contributed by atoms with van der Waals surface area (Å²) in [6, 6.07) is 6.46. The highest BCUT2D eigenvalue weighted by Gasteiger charge is 2.24. The molecule has 0 aliphatic carbocycles. The van der Waals surface area contributed by atoms with E-state index in [-0.39, 0.29) is 5.91 Å². The molecule has 18 heavy (non-hydrogen) atoms. The first-order chi connectivity index (χ1) is 8.61. The molecule has 0 fully saturated rings. The molecule has 1 unspecified atom stereocenters. The van der Waals surface area contributed by atoms with Crippen LogP contribution >= 0.6 is 0 Å². The predicted molar refractivity (Wildman–Crippen MR) is 75.0 cm³/mol. The van der Waals surface area contributed by atoms with Crippen LogP contribution in [0.3, 0.4) is 0 Å². The third kappa shape index (κ3) is 2.74. The quantitative estimate of drug-likeness (QED) is 0.864. The Morgan fingerprint density at radius 3 is 2.83 bits per heavy atom. The van der Waals surface area contributed by atoms with E-state index in [0.29, 0.717) is 11.8 Å². The molecule has 0 spiro atoms. The summed E-state index contributed by atoms with van der Waals surface area (Å²) >= 11 is 0. The second kappa shape index (κ2) is 5.55. The van der Waals surface area contributed by atoms with Crippen LogP contribution in [0.25, 0.3) is 0 Å². The van der Waals surface area contributed by atoms with Crippen LogP contribution in [0.4, 0.5) is 0 Å². The van der Waals surface area contributed by atoms with Crippen molar-refractivity contribution in [1.82, 2.24) is 5.32 Å². The van der Waals surface area contributed by atoms with Gasteiger partial charge < -0.3 is 5.32 Å². The highest BCUT2D eigenvalue weighted by atomic mass is 16.1. The number of nitrogens with one attached hydrogen (secondary N) is 1. The van der Waals surface area contributed by atoms with Gasteiger partial charge in [-0.25, -0.2) is 0 Å². The first-order valence-electron chi connectivity index (χ1n) is 7.02. The Labute approximate surface area is 110 Å². The molecular weight excluding hydrogens is 222 g/mol. The molecule has 2 heteroatoms. The van der Waals surface area contributed by atoms with Crippen molar-refractivity contribution < 1.29 is 4.79 Å². The van der Waals surface area contributed by atoms with Gasteiger partial charge in [-0.1, -0.05) is 39.3 Å². The normalized spacial score (nSPS) is 18.7. The van der Waals surface area contributed by atoms with Gasteiger partial charge in [-0.15, -0.1) is 0 Å². The van der Waals surface area contributed by atoms with Gasteiger partial charge in [-0.2, -0.15) is 0 Å². The predicted octanol–water partition coefficient (Wildman–Crippen LogP) is 3.51. The Kier molecular flexibility index (Phi) is 4.05. The van der Waals surface area contributed by atoms with Gasteiger partial charge >= 0.3 is 0 Å². The zero-order chi connectivity index (χ0) is 13.1. The maximum atomic E-state index is 12.0. The van der Waals surface area contributed by atoms with E-state index in [4.69, 9.17) is 0 Å². The van der Waals surface area contributed by atoms with Gasteiger partial charge in [0.1, 0.15) is 0 Å². The summed E-state index contributed by atoms with van der Waals surface area (Å²) in [6.45, 7) is 7.41. The second-order valence-corrected chi connectivity index (χ2v) is 5.72. The number of hydrogen-bond acceptors (Lipinski definition) is 1. The molecule has 1 aliphatic rings. The maximum absolute atomic E-state index is 12.0. The minimum atomic E-state index is 0.1000. The monoisotopic (exact) mass is 245 g/mol. The number of hydrogen-bond donors (Lipinski definition) is 1. The van der Waals surface area contributed by atoms with Crippen molar-refractivity contribution in [3.05, 3.63) is 34.9 Å². The summed E-state index contributed by atoms with van der Waals surface area (Å²) in [5, 5.41) is 3.01. The molecule has 0 radical (unpaired) electrons. The molecule has 1 heterocycles. The molecule has 1 N–H and O–H groups in total. The smallest absolute Gasteiger partial charge is 0.251 e. The van der Waals surface area contributed by atoms with Crippen molar-refractivity contribution in [3.63, 3.8) is 0 Å². The van der Waals surface area contributed by atoms with Crippen LogP contribution in [0.15, 0.2) is 18.2 Å². The Morgan fingerprint density at radius 1 is 1.39 bits per heavy atom. The number of amides is 1. The maximum Gasteiger partial charge on any atom is 0.251 e. The lowest BCUT2D eigenvalue weighted by Crippen LogP contribution is -2.35. The lowest BCUT2D eigenvalue weighted by Gasteiger charge is -2.26. The highest BCUT2D eigenvalue weighted by molar-refractivity contribution is 5.97. The van der Waals surface area contributed by atoms with E-state index in [9.17, 15) is 4.79 Å². The first kappa shape index (κ1) is 13.1. The zero-order valence-corrected chi connectivity index (χ0v) is 11.6. The zero-order valence-electron chi connectivity index (χ0n) is 11.6. The Bertz CT molecular complexity index is 437. The van der Waals surface area contributed by atoms with E-state index in [1.165, 1.54) is 11.1 Å². The van der Waals surface area contributed by atoms with E-state index in [2.05, 4.69) is 44.3 Å². The van der Waals surface area contributed by atoms with Crippen molar-refractivity contribution in [2.75, 3.05) is 6.54 Å². The third-order valence-corrected chi connectivity index (χ3v) is 3.59. The number of rotatable bonds is 4. The Morgan fingerprint density at radius 2 is 2.17 bits per heavy atom. The fourth-order valence-corrected chi connectivity index (χ4v) is 2.78. The molecule has 0 saturated carbocycles. The van der Waals surface area contributed by atoms with Crippen LogP contribution in [0.1, 0.15) is 61.0 Å². The topological polar surface area (TPSA) is 29.1 Å². The number of benzene rings is 1. The second-order valence-electron chi connectivity index (χ2n) is 5.72. The minimum absolute atomic E-state index is 0.1000. The van der Waals surface area contributed by atoms with Crippen LogP contribution in [0.5, 0.6) is 0 Å². The van der Waals surface area contributed by atoms with E-state index in [1.807, 2.05) is 0 Å². The molecule has 1 aromatic carbocycles. The minimum Gasteiger partial charge on any atom is -0.351 e. The summed E-state index contributed by atoms with van der Waals surface area (Å²) < 4.78 is 0. The Hall–Kier alpha value is -1.31. The fraction of sp³-hybridized carbons (Fsp3) is 0.562. The summed E-state index contributed by atoms with van der Waals surface area (Å²) in [7, 11) is 0. The summed E-state index contributed by atoms with van der Waals surface area (Å²) in [4.78, 5) is 12.0. The number of carbonyl (C=O) groups excluding carboxylic acids is 1. The fourth-order valence-electron chi connectivity index (χ4n) is 2.78. The number of carbonyl (C=O) groups is 1. The summed E-state index contributed by atoms with van der Waals surface area (Å²) in [6.07, 6.45) is 3.35. The van der Waals surface area contributed by atoms with Crippen molar-refractivity contribution in [3.8, 4) is 0 Å². The van der Waals surface area contributed by atoms with Gasteiger partial charge in [0, 0.05) is 18.0 Å². The average molecular weight is 245 g/mol. The van der Waals surface area contributed by atoms with Gasteiger partial charge in [-0.05, 0) is 36.0 Å². The van der Waals surface area contributed by atoms with Crippen molar-refractivity contribution in [2.24, 2.45) is 5.92 Å². The van der Waals surface area contributed by atoms with Crippen molar-refractivity contribution in [1.29, 1.82) is 0 Å². The summed E-state index contributed by atoms with van der Waals surface area (Å²) in [5.74, 6) is 1.22. The van der Waals surface area contributed by atoms with Gasteiger partial charge in [-0.3, -0.25) is 4.79 Å². The van der Waals surface area contributed by atoms with Crippen molar-refractivity contribution >= 4 is 5.91 Å². The largest absolute Gasteiger partial charge is 0.351 e. The van der Waals surface area contributed by atoms with Gasteiger partial charge in [0.15, 0.2) is 0 Å². The molecule has 0 aromatic heterocycles. The SMILES string of the molecule is CCCC1CNC(=O)c2cc(CC(C)C)ccc21. The summed E-state index contributed by atoms with van der Waals surface area (Å²) in [5.41, 5.74) is 3.42. The first-order valence-corrected chi connectivity index (χ1v) is 7.02. The van der Waals surface area contributed by atoms with Gasteiger partial charge in [0.2, 0.25) is 0 Å². The van der Waals surface area contributed by atoms with Crippen LogP contribution < -0.4 is 5.32 Å². The standard InChI is InChI=1S/C16H23NO/c1-4-5-13-10-17-16(18)15-9-12(8-11(2)3)6-7-14(13)15/h6-7,9,11,13H,4-5,8,10H2,1-3H3,(H,17,18). The molecule has 1 atom stereocenters. The molecule has 0 saturated heterocycles. The van der Waals surface area contributed by atoms with Crippen molar-refractivity contribution in [2.45, 2.75) is 46.0 Å². The van der Waals surface area contributed by atoms with E-state index in [1.54, 1.807) is 0 Å². The number of fused-ring (bicyclic) bond motifs is 1. The third-order valence-electron chi connectivity index (χ3n) is 3.59. The van der Waals surface area contributed by atoms with E-state index in [0.717, 1.165) is 31.4 Å². The molecule has 2 nitrogen and oxygen atoms in total. The average Bonchev–Trinajstić information content (AvgIpc) is 2.32. The van der Waals surface area contributed by atoms with Crippen LogP contribution in [0.2, 0.25) is 0 Å². The molecule has 1 aromatic rings. The van der Waals surface area contributed by atoms with Crippen LogP contribution in [-0.2, 0) is 6.42 Å². The highest BCUT2D eigenvalue weighted by Crippen LogP contribution is 2.28. The molecule has 98 valence electrons. The molecule has 2 rings (SSSR count). The molecule has 0 bridgehead atoms. The molecule has 1 amide bonds. The molecule has 1 aliphatic heterocycles. The van der Waals surface area contributed by atoms with Crippen LogP contribution in [0, 0.1) is 5.92 Å². The van der Waals surface area contributed by atoms with Gasteiger partial charge in [0.05, 0.1) is 0 Å². The van der Waals surface area contributed by atoms with E-state index >= 15 is 0 Å².